The summed E-state index contributed by atoms with van der Waals surface area (Å²) in [6, 6.07) is 23.6. The van der Waals surface area contributed by atoms with Crippen molar-refractivity contribution in [3.8, 4) is 16.9 Å². The molecule has 0 saturated carbocycles. The van der Waals surface area contributed by atoms with Crippen molar-refractivity contribution in [2.24, 2.45) is 0 Å². The van der Waals surface area contributed by atoms with Crippen molar-refractivity contribution < 1.29 is 14.0 Å². The van der Waals surface area contributed by atoms with Gasteiger partial charge in [-0.05, 0) is 54.1 Å². The lowest BCUT2D eigenvalue weighted by molar-refractivity contribution is -0.117. The van der Waals surface area contributed by atoms with Gasteiger partial charge in [-0.15, -0.1) is 0 Å². The molecule has 3 heterocycles. The quantitative estimate of drug-likeness (QED) is 0.270. The molecule has 5 aromatic rings. The Morgan fingerprint density at radius 1 is 0.974 bits per heavy atom. The van der Waals surface area contributed by atoms with E-state index in [1.807, 2.05) is 48.5 Å². The van der Waals surface area contributed by atoms with Gasteiger partial charge in [-0.3, -0.25) is 14.6 Å². The lowest BCUT2D eigenvalue weighted by Crippen LogP contribution is -2.34. The van der Waals surface area contributed by atoms with E-state index in [4.69, 9.17) is 21.1 Å². The van der Waals surface area contributed by atoms with Crippen LogP contribution in [0, 0.1) is 0 Å². The summed E-state index contributed by atoms with van der Waals surface area (Å²) >= 11 is 6.11. The van der Waals surface area contributed by atoms with Crippen LogP contribution in [0.2, 0.25) is 5.02 Å². The van der Waals surface area contributed by atoms with Crippen LogP contribution in [0.25, 0.3) is 23.0 Å². The number of para-hydroxylation sites is 1. The number of carbonyl (C=O) groups excluding carboxylic acids is 2. The number of nitrogens with one attached hydrogen (secondary N) is 2. The number of nitrogens with zero attached hydrogens (tertiary/aromatic N) is 3. The molecule has 0 aliphatic heterocycles. The van der Waals surface area contributed by atoms with Gasteiger partial charge in [0.25, 0.3) is 11.8 Å². The standard InChI is InChI=1S/C29H22ClN5O3/c30-23-12-10-21(11-13-23)27-22(19-35(34-27)24-7-2-1-3-8-24)16-25(33-29(37)26-9-5-15-38-26)28(36)32-18-20-6-4-14-31-17-20/h1-17,19H,18H2,(H,32,36)(H,33,37)/b25-16-. The van der Waals surface area contributed by atoms with Gasteiger partial charge in [0, 0.05) is 41.3 Å². The van der Waals surface area contributed by atoms with Gasteiger partial charge in [0.15, 0.2) is 5.76 Å². The van der Waals surface area contributed by atoms with E-state index >= 15 is 0 Å². The summed E-state index contributed by atoms with van der Waals surface area (Å²) in [6.45, 7) is 0.230. The van der Waals surface area contributed by atoms with Crippen molar-refractivity contribution in [1.82, 2.24) is 25.4 Å². The summed E-state index contributed by atoms with van der Waals surface area (Å²) in [6.07, 6.45) is 8.10. The molecule has 0 spiro atoms. The molecule has 188 valence electrons. The zero-order valence-electron chi connectivity index (χ0n) is 20.0. The average molecular weight is 524 g/mol. The molecule has 3 aromatic heterocycles. The SMILES string of the molecule is O=C(NCc1cccnc1)/C(=C/c1cn(-c2ccccc2)nc1-c1ccc(Cl)cc1)NC(=O)c1ccco1. The minimum atomic E-state index is -0.554. The highest BCUT2D eigenvalue weighted by molar-refractivity contribution is 6.30. The zero-order valence-corrected chi connectivity index (χ0v) is 20.8. The summed E-state index contributed by atoms with van der Waals surface area (Å²) in [5.74, 6) is -0.960. The van der Waals surface area contributed by atoms with Crippen LogP contribution in [0.1, 0.15) is 21.7 Å². The summed E-state index contributed by atoms with van der Waals surface area (Å²) in [7, 11) is 0. The molecule has 9 heteroatoms. The zero-order chi connectivity index (χ0) is 26.3. The Bertz CT molecular complexity index is 1560. The lowest BCUT2D eigenvalue weighted by Gasteiger charge is -2.10. The predicted octanol–water partition coefficient (Wildman–Crippen LogP) is 5.27. The Morgan fingerprint density at radius 2 is 1.79 bits per heavy atom. The highest BCUT2D eigenvalue weighted by atomic mass is 35.5. The Kier molecular flexibility index (Phi) is 7.42. The van der Waals surface area contributed by atoms with Crippen LogP contribution in [-0.4, -0.2) is 26.6 Å². The van der Waals surface area contributed by atoms with Crippen molar-refractivity contribution in [1.29, 1.82) is 0 Å². The summed E-state index contributed by atoms with van der Waals surface area (Å²) in [4.78, 5) is 30.2. The molecule has 0 bridgehead atoms. The molecular weight excluding hydrogens is 502 g/mol. The summed E-state index contributed by atoms with van der Waals surface area (Å²) < 4.78 is 6.93. The molecule has 0 radical (unpaired) electrons. The normalized spacial score (nSPS) is 11.2. The van der Waals surface area contributed by atoms with Crippen LogP contribution < -0.4 is 10.6 Å². The Labute approximate surface area is 223 Å². The second-order valence-corrected chi connectivity index (χ2v) is 8.69. The first-order chi connectivity index (χ1) is 18.6. The minimum Gasteiger partial charge on any atom is -0.459 e. The first-order valence-corrected chi connectivity index (χ1v) is 12.1. The number of rotatable bonds is 8. The van der Waals surface area contributed by atoms with Gasteiger partial charge in [-0.25, -0.2) is 4.68 Å². The Morgan fingerprint density at radius 3 is 2.50 bits per heavy atom. The predicted molar refractivity (Wildman–Crippen MR) is 144 cm³/mol. The summed E-state index contributed by atoms with van der Waals surface area (Å²) in [5.41, 5.74) is 3.69. The monoisotopic (exact) mass is 523 g/mol. The van der Waals surface area contributed by atoms with Gasteiger partial charge in [0.2, 0.25) is 0 Å². The van der Waals surface area contributed by atoms with E-state index < -0.39 is 11.8 Å². The molecule has 2 amide bonds. The van der Waals surface area contributed by atoms with Crippen molar-refractivity contribution >= 4 is 29.5 Å². The number of halogens is 1. The lowest BCUT2D eigenvalue weighted by atomic mass is 10.1. The fourth-order valence-corrected chi connectivity index (χ4v) is 3.85. The topological polar surface area (TPSA) is 102 Å². The third kappa shape index (κ3) is 5.88. The Hall–Kier alpha value is -4.95. The van der Waals surface area contributed by atoms with E-state index in [0.717, 1.165) is 16.8 Å². The highest BCUT2D eigenvalue weighted by Gasteiger charge is 2.19. The molecule has 2 N–H and O–H groups in total. The van der Waals surface area contributed by atoms with Crippen LogP contribution in [0.5, 0.6) is 0 Å². The van der Waals surface area contributed by atoms with Crippen LogP contribution in [0.4, 0.5) is 0 Å². The Balaban J connectivity index is 1.54. The number of benzene rings is 2. The molecule has 8 nitrogen and oxygen atoms in total. The largest absolute Gasteiger partial charge is 0.459 e. The van der Waals surface area contributed by atoms with Gasteiger partial charge in [-0.1, -0.05) is 48.0 Å². The van der Waals surface area contributed by atoms with Gasteiger partial charge in [0.1, 0.15) is 11.4 Å². The fraction of sp³-hybridized carbons (Fsp3) is 0.0345. The molecule has 0 aliphatic carbocycles. The number of aromatic nitrogens is 3. The molecule has 2 aromatic carbocycles. The van der Waals surface area contributed by atoms with Gasteiger partial charge >= 0.3 is 0 Å². The van der Waals surface area contributed by atoms with Gasteiger partial charge < -0.3 is 15.1 Å². The van der Waals surface area contributed by atoms with Crippen molar-refractivity contribution in [2.75, 3.05) is 0 Å². The van der Waals surface area contributed by atoms with E-state index in [-0.39, 0.29) is 18.0 Å². The van der Waals surface area contributed by atoms with Crippen LogP contribution in [-0.2, 0) is 11.3 Å². The first-order valence-electron chi connectivity index (χ1n) is 11.7. The molecule has 0 fully saturated rings. The van der Waals surface area contributed by atoms with E-state index in [9.17, 15) is 9.59 Å². The third-order valence-corrected chi connectivity index (χ3v) is 5.85. The van der Waals surface area contributed by atoms with Crippen LogP contribution in [0.15, 0.2) is 114 Å². The minimum absolute atomic E-state index is 0.0260. The number of carbonyl (C=O) groups is 2. The molecular formula is C29H22ClN5O3. The number of hydrogen-bond donors (Lipinski definition) is 2. The van der Waals surface area contributed by atoms with E-state index in [0.29, 0.717) is 16.3 Å². The molecule has 0 aliphatic rings. The molecule has 38 heavy (non-hydrogen) atoms. The maximum Gasteiger partial charge on any atom is 0.291 e. The number of pyridine rings is 1. The number of furan rings is 1. The first kappa shape index (κ1) is 24.7. The maximum atomic E-state index is 13.3. The van der Waals surface area contributed by atoms with Crippen LogP contribution in [0.3, 0.4) is 0 Å². The number of hydrogen-bond acceptors (Lipinski definition) is 5. The average Bonchev–Trinajstić information content (AvgIpc) is 3.64. The highest BCUT2D eigenvalue weighted by Crippen LogP contribution is 2.27. The van der Waals surface area contributed by atoms with E-state index in [1.54, 1.807) is 53.6 Å². The number of amides is 2. The maximum absolute atomic E-state index is 13.3. The van der Waals surface area contributed by atoms with Gasteiger partial charge in [-0.2, -0.15) is 5.10 Å². The molecule has 0 unspecified atom stereocenters. The third-order valence-electron chi connectivity index (χ3n) is 5.59. The second kappa shape index (κ2) is 11.4. The van der Waals surface area contributed by atoms with Crippen molar-refractivity contribution in [3.05, 3.63) is 131 Å². The fourth-order valence-electron chi connectivity index (χ4n) is 3.72. The van der Waals surface area contributed by atoms with Crippen molar-refractivity contribution in [3.63, 3.8) is 0 Å². The molecule has 5 rings (SSSR count). The summed E-state index contributed by atoms with van der Waals surface area (Å²) in [5, 5.41) is 10.9. The van der Waals surface area contributed by atoms with Crippen LogP contribution >= 0.6 is 11.6 Å². The van der Waals surface area contributed by atoms with E-state index in [1.165, 1.54) is 12.3 Å². The van der Waals surface area contributed by atoms with E-state index in [2.05, 4.69) is 15.6 Å². The van der Waals surface area contributed by atoms with Crippen molar-refractivity contribution in [2.45, 2.75) is 6.54 Å². The molecule has 0 atom stereocenters. The van der Waals surface area contributed by atoms with Gasteiger partial charge in [0.05, 0.1) is 12.0 Å². The molecule has 0 saturated heterocycles. The smallest absolute Gasteiger partial charge is 0.291 e. The second-order valence-electron chi connectivity index (χ2n) is 8.25.